The zero-order valence-corrected chi connectivity index (χ0v) is 10.8. The van der Waals surface area contributed by atoms with E-state index in [1.54, 1.807) is 0 Å². The second kappa shape index (κ2) is 6.15. The van der Waals surface area contributed by atoms with Gasteiger partial charge in [-0.05, 0) is 0 Å². The Morgan fingerprint density at radius 3 is 1.42 bits per heavy atom. The van der Waals surface area contributed by atoms with E-state index in [9.17, 15) is 57.5 Å². The summed E-state index contributed by atoms with van der Waals surface area (Å²) in [5.74, 6) is -38.6. The molecule has 15 heteroatoms. The molecule has 0 saturated carbocycles. The molecule has 1 atom stereocenters. The van der Waals surface area contributed by atoms with Gasteiger partial charge in [-0.1, -0.05) is 0 Å². The quantitative estimate of drug-likeness (QED) is 0.627. The van der Waals surface area contributed by atoms with E-state index < -0.39 is 54.5 Å². The number of rotatable bonds is 8. The average molecular weight is 389 g/mol. The number of carboxylic acid groups (broad SMARTS) is 1. The molecule has 0 aromatic heterocycles. The van der Waals surface area contributed by atoms with Gasteiger partial charge in [-0.15, -0.1) is 0 Å². The molecule has 0 aliphatic heterocycles. The summed E-state index contributed by atoms with van der Waals surface area (Å²) in [4.78, 5) is 10.1. The van der Waals surface area contributed by atoms with Gasteiger partial charge < -0.3 is 10.8 Å². The topological polar surface area (TPSA) is 63.3 Å². The third kappa shape index (κ3) is 3.09. The Kier molecular flexibility index (Phi) is 5.79. The molecule has 24 heavy (non-hydrogen) atoms. The number of nitrogens with two attached hydrogens (primary N) is 1. The third-order valence-corrected chi connectivity index (χ3v) is 2.76. The summed E-state index contributed by atoms with van der Waals surface area (Å²) in [5.41, 5.74) is 4.22. The lowest BCUT2D eigenvalue weighted by atomic mass is 9.90. The van der Waals surface area contributed by atoms with Crippen molar-refractivity contribution < 1.29 is 62.6 Å². The number of alkyl halides is 12. The standard InChI is InChI=1S/C9H7F12NO2/c10-4(11)6(14,15)8(18,19)9(20,21)7(16,17)5(12,13)2(22)1-3(23)24/h2,4H,1,22H2,(H,23,24). The number of carbonyl (C=O) groups is 1. The average Bonchev–Trinajstić information content (AvgIpc) is 2.36. The van der Waals surface area contributed by atoms with Gasteiger partial charge in [0.15, 0.2) is 0 Å². The maximum atomic E-state index is 13.2. The lowest BCUT2D eigenvalue weighted by Crippen LogP contribution is -2.71. The van der Waals surface area contributed by atoms with Crippen LogP contribution in [0.15, 0.2) is 0 Å². The summed E-state index contributed by atoms with van der Waals surface area (Å²) in [6, 6.07) is -3.72. The Balaban J connectivity index is 6.11. The van der Waals surface area contributed by atoms with Crippen LogP contribution in [-0.4, -0.2) is 53.2 Å². The molecule has 3 nitrogen and oxygen atoms in total. The summed E-state index contributed by atoms with van der Waals surface area (Å²) >= 11 is 0. The zero-order valence-electron chi connectivity index (χ0n) is 10.8. The van der Waals surface area contributed by atoms with Crippen LogP contribution >= 0.6 is 0 Å². The number of aliphatic carboxylic acids is 1. The molecule has 1 unspecified atom stereocenters. The number of halogens is 12. The summed E-state index contributed by atoms with van der Waals surface area (Å²) in [7, 11) is 0. The van der Waals surface area contributed by atoms with Crippen molar-refractivity contribution >= 4 is 5.97 Å². The fourth-order valence-corrected chi connectivity index (χ4v) is 1.30. The molecule has 0 heterocycles. The molecule has 0 radical (unpaired) electrons. The SMILES string of the molecule is NC(CC(=O)O)C(F)(F)C(F)(F)C(F)(F)C(F)(F)C(F)(F)C(F)F. The summed E-state index contributed by atoms with van der Waals surface area (Å²) in [6.07, 6.45) is -7.74. The van der Waals surface area contributed by atoms with Crippen LogP contribution in [-0.2, 0) is 4.79 Å². The molecular formula is C9H7F12NO2. The Labute approximate surface area is 124 Å². The van der Waals surface area contributed by atoms with Crippen LogP contribution < -0.4 is 5.73 Å². The molecule has 0 amide bonds. The Morgan fingerprint density at radius 1 is 0.792 bits per heavy atom. The zero-order chi connectivity index (χ0) is 19.9. The van der Waals surface area contributed by atoms with Crippen molar-refractivity contribution in [3.8, 4) is 0 Å². The van der Waals surface area contributed by atoms with Crippen molar-refractivity contribution in [1.82, 2.24) is 0 Å². The fourth-order valence-electron chi connectivity index (χ4n) is 1.30. The van der Waals surface area contributed by atoms with E-state index >= 15 is 0 Å². The normalized spacial score (nSPS) is 16.4. The minimum Gasteiger partial charge on any atom is -0.481 e. The minimum atomic E-state index is -7.71. The minimum absolute atomic E-state index is 2.14. The van der Waals surface area contributed by atoms with Crippen molar-refractivity contribution in [2.75, 3.05) is 0 Å². The van der Waals surface area contributed by atoms with E-state index in [0.717, 1.165) is 0 Å². The molecular weight excluding hydrogens is 382 g/mol. The summed E-state index contributed by atoms with van der Waals surface area (Å²) in [6.45, 7) is 0. The lowest BCUT2D eigenvalue weighted by Gasteiger charge is -2.40. The maximum absolute atomic E-state index is 13.2. The first-order valence-corrected chi connectivity index (χ1v) is 5.43. The van der Waals surface area contributed by atoms with E-state index in [2.05, 4.69) is 5.73 Å². The first-order valence-electron chi connectivity index (χ1n) is 5.43. The van der Waals surface area contributed by atoms with Gasteiger partial charge in [0.05, 0.1) is 12.5 Å². The first-order chi connectivity index (χ1) is 10.3. The van der Waals surface area contributed by atoms with Gasteiger partial charge in [0.2, 0.25) is 0 Å². The highest BCUT2D eigenvalue weighted by molar-refractivity contribution is 5.67. The summed E-state index contributed by atoms with van der Waals surface area (Å²) in [5, 5.41) is 8.06. The predicted molar refractivity (Wildman–Crippen MR) is 51.0 cm³/mol. The second-order valence-corrected chi connectivity index (χ2v) is 4.47. The predicted octanol–water partition coefficient (Wildman–Crippen LogP) is 3.23. The van der Waals surface area contributed by atoms with Gasteiger partial charge in [-0.3, -0.25) is 4.79 Å². The molecule has 0 saturated heterocycles. The van der Waals surface area contributed by atoms with E-state index in [0.29, 0.717) is 0 Å². The van der Waals surface area contributed by atoms with Gasteiger partial charge in [0.1, 0.15) is 0 Å². The highest BCUT2D eigenvalue weighted by Gasteiger charge is 2.88. The van der Waals surface area contributed by atoms with E-state index in [-0.39, 0.29) is 0 Å². The Hall–Kier alpha value is -1.41. The van der Waals surface area contributed by atoms with E-state index in [1.165, 1.54) is 0 Å². The lowest BCUT2D eigenvalue weighted by molar-refractivity contribution is -0.414. The van der Waals surface area contributed by atoms with Crippen molar-refractivity contribution in [3.05, 3.63) is 0 Å². The molecule has 0 spiro atoms. The van der Waals surface area contributed by atoms with Crippen LogP contribution in [0.4, 0.5) is 52.7 Å². The van der Waals surface area contributed by atoms with Gasteiger partial charge in [0, 0.05) is 0 Å². The van der Waals surface area contributed by atoms with Crippen LogP contribution in [0, 0.1) is 0 Å². The smallest absolute Gasteiger partial charge is 0.384 e. The molecule has 0 fully saturated rings. The summed E-state index contributed by atoms with van der Waals surface area (Å²) < 4.78 is 153. The van der Waals surface area contributed by atoms with E-state index in [1.807, 2.05) is 0 Å². The van der Waals surface area contributed by atoms with Gasteiger partial charge >= 0.3 is 42.0 Å². The number of hydrogen-bond donors (Lipinski definition) is 2. The van der Waals surface area contributed by atoms with Crippen LogP contribution in [0.3, 0.4) is 0 Å². The fraction of sp³-hybridized carbons (Fsp3) is 0.889. The Bertz CT molecular complexity index is 477. The van der Waals surface area contributed by atoms with Gasteiger partial charge in [-0.25, -0.2) is 8.78 Å². The molecule has 0 aliphatic rings. The van der Waals surface area contributed by atoms with E-state index in [4.69, 9.17) is 5.11 Å². The van der Waals surface area contributed by atoms with Crippen LogP contribution in [0.2, 0.25) is 0 Å². The Morgan fingerprint density at radius 2 is 1.12 bits per heavy atom. The highest BCUT2D eigenvalue weighted by Crippen LogP contribution is 2.58. The highest BCUT2D eigenvalue weighted by atomic mass is 19.4. The number of carboxylic acids is 1. The van der Waals surface area contributed by atoms with Crippen molar-refractivity contribution in [2.45, 2.75) is 48.5 Å². The molecule has 0 aromatic carbocycles. The van der Waals surface area contributed by atoms with Crippen molar-refractivity contribution in [3.63, 3.8) is 0 Å². The maximum Gasteiger partial charge on any atom is 0.384 e. The second-order valence-electron chi connectivity index (χ2n) is 4.47. The molecule has 0 aliphatic carbocycles. The van der Waals surface area contributed by atoms with Crippen molar-refractivity contribution in [1.29, 1.82) is 0 Å². The number of hydrogen-bond acceptors (Lipinski definition) is 2. The monoisotopic (exact) mass is 389 g/mol. The molecule has 0 rings (SSSR count). The first kappa shape index (κ1) is 22.6. The van der Waals surface area contributed by atoms with Crippen LogP contribution in [0.5, 0.6) is 0 Å². The molecule has 144 valence electrons. The van der Waals surface area contributed by atoms with Gasteiger partial charge in [-0.2, -0.15) is 43.9 Å². The molecule has 3 N–H and O–H groups in total. The van der Waals surface area contributed by atoms with Crippen LogP contribution in [0.1, 0.15) is 6.42 Å². The third-order valence-electron chi connectivity index (χ3n) is 2.76. The molecule has 0 aromatic rings. The van der Waals surface area contributed by atoms with Crippen molar-refractivity contribution in [2.24, 2.45) is 5.73 Å². The largest absolute Gasteiger partial charge is 0.481 e. The van der Waals surface area contributed by atoms with Gasteiger partial charge in [0.25, 0.3) is 0 Å². The van der Waals surface area contributed by atoms with Crippen LogP contribution in [0.25, 0.3) is 0 Å². The molecule has 0 bridgehead atoms.